The maximum atomic E-state index is 11.2. The summed E-state index contributed by atoms with van der Waals surface area (Å²) in [5, 5.41) is 61.3. The SMILES string of the molecule is CC(C)(CO)C(O)C(=O)NCCC(=O)[O-].CC(C)(CO)C(O)C(=O)NCCC(=O)[O-].NC(=O)c1cccnc1.[Ca+2]. The molecular weight excluding hydrogens is 560 g/mol. The number of aliphatic carboxylic acids is 2. The number of pyridine rings is 1. The number of nitrogens with one attached hydrogen (secondary N) is 2. The van der Waals surface area contributed by atoms with Crippen LogP contribution >= 0.6 is 0 Å². The van der Waals surface area contributed by atoms with Crippen LogP contribution in [0.5, 0.6) is 0 Å². The van der Waals surface area contributed by atoms with Crippen LogP contribution in [0.1, 0.15) is 50.9 Å². The molecule has 0 fully saturated rings. The number of nitrogens with zero attached hydrogens (tertiary/aromatic N) is 1. The van der Waals surface area contributed by atoms with Crippen LogP contribution in [0.2, 0.25) is 0 Å². The Morgan fingerprint density at radius 3 is 1.48 bits per heavy atom. The summed E-state index contributed by atoms with van der Waals surface area (Å²) in [6.07, 6.45) is -0.335. The Labute approximate surface area is 262 Å². The Bertz CT molecular complexity index is 881. The number of aliphatic hydroxyl groups excluding tert-OH is 4. The van der Waals surface area contributed by atoms with Gasteiger partial charge in [-0.1, -0.05) is 27.7 Å². The van der Waals surface area contributed by atoms with Gasteiger partial charge in [0.25, 0.3) is 0 Å². The molecule has 0 aliphatic heterocycles. The van der Waals surface area contributed by atoms with Crippen LogP contribution in [0, 0.1) is 10.8 Å². The van der Waals surface area contributed by atoms with E-state index in [-0.39, 0.29) is 76.9 Å². The predicted molar refractivity (Wildman–Crippen MR) is 138 cm³/mol. The summed E-state index contributed by atoms with van der Waals surface area (Å²) in [6.45, 7) is 5.21. The van der Waals surface area contributed by atoms with Gasteiger partial charge >= 0.3 is 37.7 Å². The van der Waals surface area contributed by atoms with E-state index in [0.717, 1.165) is 0 Å². The van der Waals surface area contributed by atoms with E-state index in [2.05, 4.69) is 15.6 Å². The van der Waals surface area contributed by atoms with E-state index in [1.165, 1.54) is 33.9 Å². The first-order valence-electron chi connectivity index (χ1n) is 11.7. The van der Waals surface area contributed by atoms with Gasteiger partial charge < -0.3 is 56.6 Å². The van der Waals surface area contributed by atoms with Crippen LogP contribution in [0.15, 0.2) is 24.5 Å². The maximum Gasteiger partial charge on any atom is 2.00 e. The van der Waals surface area contributed by atoms with Gasteiger partial charge in [0.2, 0.25) is 17.7 Å². The Balaban J connectivity index is -0.000000522. The molecule has 0 bridgehead atoms. The molecule has 1 heterocycles. The summed E-state index contributed by atoms with van der Waals surface area (Å²) >= 11 is 0. The molecule has 0 spiro atoms. The molecule has 0 radical (unpaired) electrons. The zero-order valence-electron chi connectivity index (χ0n) is 23.1. The number of aromatic nitrogens is 1. The molecule has 2 unspecified atom stereocenters. The van der Waals surface area contributed by atoms with Crippen LogP contribution in [0.25, 0.3) is 0 Å². The molecule has 3 amide bonds. The molecule has 1 rings (SSSR count). The van der Waals surface area contributed by atoms with Gasteiger partial charge in [-0.2, -0.15) is 0 Å². The molecule has 1 aromatic heterocycles. The first-order valence-corrected chi connectivity index (χ1v) is 11.7. The van der Waals surface area contributed by atoms with Gasteiger partial charge in [-0.05, 0) is 12.1 Å². The van der Waals surface area contributed by atoms with Crippen molar-refractivity contribution in [2.45, 2.75) is 52.7 Å². The summed E-state index contributed by atoms with van der Waals surface area (Å²) in [4.78, 5) is 56.7. The van der Waals surface area contributed by atoms with Crippen molar-refractivity contribution in [3.05, 3.63) is 30.1 Å². The normalized spacial score (nSPS) is 12.0. The molecule has 40 heavy (non-hydrogen) atoms. The molecule has 222 valence electrons. The van der Waals surface area contributed by atoms with Gasteiger partial charge in [-0.3, -0.25) is 19.4 Å². The number of rotatable bonds is 13. The van der Waals surface area contributed by atoms with Crippen LogP contribution < -0.4 is 26.6 Å². The summed E-state index contributed by atoms with van der Waals surface area (Å²) in [5.74, 6) is -4.38. The quantitative estimate of drug-likeness (QED) is 0.105. The monoisotopic (exact) mass is 598 g/mol. The van der Waals surface area contributed by atoms with Crippen LogP contribution in [0.3, 0.4) is 0 Å². The number of amides is 3. The minimum absolute atomic E-state index is 0. The fourth-order valence-corrected chi connectivity index (χ4v) is 2.16. The van der Waals surface area contributed by atoms with Gasteiger partial charge in [0.15, 0.2) is 0 Å². The molecule has 2 atom stereocenters. The molecule has 1 aromatic rings. The van der Waals surface area contributed by atoms with Gasteiger partial charge in [0, 0.05) is 61.1 Å². The van der Waals surface area contributed by atoms with E-state index >= 15 is 0 Å². The van der Waals surface area contributed by atoms with E-state index in [9.17, 15) is 44.4 Å². The molecule has 0 aliphatic rings. The van der Waals surface area contributed by atoms with E-state index in [1.807, 2.05) is 0 Å². The number of primary amides is 1. The number of carbonyl (C=O) groups is 5. The van der Waals surface area contributed by atoms with Crippen molar-refractivity contribution >= 4 is 67.4 Å². The summed E-state index contributed by atoms with van der Waals surface area (Å²) in [5.41, 5.74) is 3.47. The van der Waals surface area contributed by atoms with Crippen molar-refractivity contribution in [1.29, 1.82) is 0 Å². The first kappa shape index (κ1) is 42.1. The average Bonchev–Trinajstić information content (AvgIpc) is 2.88. The Hall–Kier alpha value is -2.40. The number of hydrogen-bond acceptors (Lipinski definition) is 12. The molecule has 0 saturated carbocycles. The van der Waals surface area contributed by atoms with Crippen molar-refractivity contribution in [3.8, 4) is 0 Å². The zero-order valence-corrected chi connectivity index (χ0v) is 25.3. The third-order valence-corrected chi connectivity index (χ3v) is 4.99. The summed E-state index contributed by atoms with van der Waals surface area (Å²) in [6, 6.07) is 3.29. The van der Waals surface area contributed by atoms with E-state index in [4.69, 9.17) is 15.9 Å². The van der Waals surface area contributed by atoms with E-state index in [0.29, 0.717) is 5.56 Å². The number of carboxylic acids is 2. The van der Waals surface area contributed by atoms with Crippen LogP contribution in [-0.4, -0.2) is 131 Å². The molecule has 16 heteroatoms. The topological polar surface area (TPSA) is 275 Å². The molecule has 0 aromatic carbocycles. The molecule has 8 N–H and O–H groups in total. The third-order valence-electron chi connectivity index (χ3n) is 4.99. The first-order chi connectivity index (χ1) is 17.9. The average molecular weight is 599 g/mol. The predicted octanol–water partition coefficient (Wildman–Crippen LogP) is -4.96. The number of aliphatic hydroxyl groups is 4. The smallest absolute Gasteiger partial charge is 0.550 e. The van der Waals surface area contributed by atoms with Crippen molar-refractivity contribution in [1.82, 2.24) is 15.6 Å². The van der Waals surface area contributed by atoms with Gasteiger partial charge in [-0.15, -0.1) is 0 Å². The van der Waals surface area contributed by atoms with Gasteiger partial charge in [0.1, 0.15) is 12.2 Å². The second kappa shape index (κ2) is 21.4. The molecule has 0 aliphatic carbocycles. The van der Waals surface area contributed by atoms with E-state index < -0.39 is 52.7 Å². The number of carboxylic acid groups (broad SMARTS) is 2. The standard InChI is InChI=1S/2C9H17NO5.C6H6N2O.Ca/c2*1-9(2,5-11)7(14)8(15)10-4-3-6(12)13;7-6(9)5-2-1-3-8-4-5;/h2*7,11,14H,3-5H2,1-2H3,(H,10,15)(H,12,13);1-4H,(H2,7,9);/q;;;+2/p-2. The molecule has 15 nitrogen and oxygen atoms in total. The summed E-state index contributed by atoms with van der Waals surface area (Å²) < 4.78 is 0. The van der Waals surface area contributed by atoms with Crippen LogP contribution in [-0.2, 0) is 19.2 Å². The zero-order chi connectivity index (χ0) is 30.8. The maximum absolute atomic E-state index is 11.2. The van der Waals surface area contributed by atoms with E-state index in [1.54, 1.807) is 18.3 Å². The fraction of sp³-hybridized carbons (Fsp3) is 0.583. The van der Waals surface area contributed by atoms with Gasteiger partial charge in [-0.25, -0.2) is 0 Å². The number of hydrogen-bond donors (Lipinski definition) is 7. The Morgan fingerprint density at radius 1 is 0.875 bits per heavy atom. The minimum Gasteiger partial charge on any atom is -0.550 e. The summed E-state index contributed by atoms with van der Waals surface area (Å²) in [7, 11) is 0. The van der Waals surface area contributed by atoms with Gasteiger partial charge in [0.05, 0.1) is 18.8 Å². The van der Waals surface area contributed by atoms with Crippen molar-refractivity contribution < 1.29 is 54.6 Å². The van der Waals surface area contributed by atoms with Crippen LogP contribution in [0.4, 0.5) is 0 Å². The molecular formula is C24H38CaN4O11. The number of carbonyl (C=O) groups excluding carboxylic acids is 5. The Morgan fingerprint density at radius 2 is 1.25 bits per heavy atom. The van der Waals surface area contributed by atoms with Crippen molar-refractivity contribution in [2.75, 3.05) is 26.3 Å². The fourth-order valence-electron chi connectivity index (χ4n) is 2.16. The Kier molecular flexibility index (Phi) is 22.5. The largest absolute Gasteiger partial charge is 2.00 e. The third kappa shape index (κ3) is 18.8. The molecule has 0 saturated heterocycles. The van der Waals surface area contributed by atoms with Crippen molar-refractivity contribution in [2.24, 2.45) is 16.6 Å². The minimum atomic E-state index is -1.37. The second-order valence-electron chi connectivity index (χ2n) is 9.53. The second-order valence-corrected chi connectivity index (χ2v) is 9.53. The van der Waals surface area contributed by atoms with Crippen molar-refractivity contribution in [3.63, 3.8) is 0 Å². The number of nitrogens with two attached hydrogens (primary N) is 1.